The standard InChI is InChI=1S/C37H66N2O12/c1-14-25-37(10)29(41)22(6)32(51-37)38-18(2)16-35(8,44)31(50-34-27(40)24(39(11)12)15-19(3)46-34)20(4)28(21(5)33(43)48-25)49-26-17-36(9,45-13)30(42)23(7)47-26/h18-31,34,40-42,44H,14-17H2,1-13H3/t18?,19?,20?,21?,22?,23?,24?,25-,26?,27?,28?,29?,30?,31?,34?,35?,36?,37?/m1/s1. The molecule has 14 nitrogen and oxygen atoms in total. The summed E-state index contributed by atoms with van der Waals surface area (Å²) in [7, 11) is 5.28. The maximum Gasteiger partial charge on any atom is 0.311 e. The molecule has 0 aromatic heterocycles. The molecule has 4 rings (SSSR count). The van der Waals surface area contributed by atoms with Gasteiger partial charge in [-0.1, -0.05) is 20.8 Å². The summed E-state index contributed by atoms with van der Waals surface area (Å²) >= 11 is 0. The summed E-state index contributed by atoms with van der Waals surface area (Å²) in [5.74, 6) is -2.46. The molecule has 0 aromatic rings. The number of esters is 1. The first-order chi connectivity index (χ1) is 23.6. The highest BCUT2D eigenvalue weighted by Gasteiger charge is 2.56. The van der Waals surface area contributed by atoms with E-state index in [1.807, 2.05) is 53.6 Å². The molecule has 18 atom stereocenters. The number of ether oxygens (including phenoxy) is 7. The summed E-state index contributed by atoms with van der Waals surface area (Å²) in [5, 5.41) is 46.3. The summed E-state index contributed by atoms with van der Waals surface area (Å²) in [6, 6.07) is -0.767. The molecule has 17 unspecified atom stereocenters. The number of hydrogen-bond acceptors (Lipinski definition) is 14. The van der Waals surface area contributed by atoms with E-state index in [9.17, 15) is 25.2 Å². The molecule has 4 N–H and O–H groups in total. The van der Waals surface area contributed by atoms with E-state index in [0.29, 0.717) is 18.7 Å². The fraction of sp³-hybridized carbons (Fsp3) is 0.946. The zero-order valence-electron chi connectivity index (χ0n) is 32.9. The van der Waals surface area contributed by atoms with Crippen molar-refractivity contribution in [3.05, 3.63) is 0 Å². The Kier molecular flexibility index (Phi) is 13.4. The van der Waals surface area contributed by atoms with E-state index in [1.54, 1.807) is 34.6 Å². The van der Waals surface area contributed by atoms with Crippen LogP contribution in [0.25, 0.3) is 0 Å². The van der Waals surface area contributed by atoms with Gasteiger partial charge in [0.25, 0.3) is 0 Å². The molecule has 14 heteroatoms. The lowest BCUT2D eigenvalue weighted by Crippen LogP contribution is -2.60. The van der Waals surface area contributed by atoms with Gasteiger partial charge in [-0.25, -0.2) is 0 Å². The zero-order valence-corrected chi connectivity index (χ0v) is 32.9. The molecule has 296 valence electrons. The first-order valence-corrected chi connectivity index (χ1v) is 18.7. The second-order valence-electron chi connectivity index (χ2n) is 16.5. The van der Waals surface area contributed by atoms with Crippen LogP contribution in [0, 0.1) is 17.8 Å². The highest BCUT2D eigenvalue weighted by atomic mass is 16.7. The lowest BCUT2D eigenvalue weighted by atomic mass is 9.78. The minimum absolute atomic E-state index is 0.0948. The molecular weight excluding hydrogens is 664 g/mol. The molecule has 4 aliphatic rings. The third-order valence-corrected chi connectivity index (χ3v) is 11.9. The maximum absolute atomic E-state index is 14.2. The number of aliphatic hydroxyl groups excluding tert-OH is 3. The van der Waals surface area contributed by atoms with E-state index >= 15 is 0 Å². The van der Waals surface area contributed by atoms with Gasteiger partial charge in [0.15, 0.2) is 24.1 Å². The molecule has 2 bridgehead atoms. The molecule has 4 heterocycles. The Morgan fingerprint density at radius 1 is 0.941 bits per heavy atom. The molecule has 51 heavy (non-hydrogen) atoms. The first-order valence-electron chi connectivity index (χ1n) is 18.7. The summed E-state index contributed by atoms with van der Waals surface area (Å²) in [4.78, 5) is 21.0. The van der Waals surface area contributed by atoms with Gasteiger partial charge in [-0.15, -0.1) is 0 Å². The van der Waals surface area contributed by atoms with E-state index in [0.717, 1.165) is 0 Å². The highest BCUT2D eigenvalue weighted by Crippen LogP contribution is 2.42. The number of nitrogens with zero attached hydrogens (tertiary/aromatic N) is 2. The Morgan fingerprint density at radius 2 is 1.59 bits per heavy atom. The van der Waals surface area contributed by atoms with Crippen LogP contribution in [0.3, 0.4) is 0 Å². The fourth-order valence-electron chi connectivity index (χ4n) is 8.65. The van der Waals surface area contributed by atoms with E-state index in [4.69, 9.17) is 38.2 Å². The molecule has 3 saturated heterocycles. The average molecular weight is 731 g/mol. The number of fused-ring (bicyclic) bond motifs is 2. The van der Waals surface area contributed by atoms with Gasteiger partial charge in [0, 0.05) is 31.9 Å². The molecule has 0 amide bonds. The minimum Gasteiger partial charge on any atom is -0.468 e. The second kappa shape index (κ2) is 16.1. The lowest BCUT2D eigenvalue weighted by Gasteiger charge is -2.48. The molecule has 0 aliphatic carbocycles. The van der Waals surface area contributed by atoms with Crippen molar-refractivity contribution in [1.29, 1.82) is 0 Å². The largest absolute Gasteiger partial charge is 0.468 e. The van der Waals surface area contributed by atoms with Crippen molar-refractivity contribution < 1.29 is 58.4 Å². The van der Waals surface area contributed by atoms with Gasteiger partial charge in [0.2, 0.25) is 0 Å². The maximum atomic E-state index is 14.2. The minimum atomic E-state index is -1.62. The predicted octanol–water partition coefficient (Wildman–Crippen LogP) is 2.41. The molecule has 3 fully saturated rings. The Bertz CT molecular complexity index is 1220. The van der Waals surface area contributed by atoms with Crippen molar-refractivity contribution in [2.24, 2.45) is 22.7 Å². The molecule has 0 aromatic carbocycles. The third-order valence-electron chi connectivity index (χ3n) is 11.9. The summed E-state index contributed by atoms with van der Waals surface area (Å²) in [6.45, 7) is 17.8. The molecule has 0 spiro atoms. The topological polar surface area (TPSA) is 178 Å². The van der Waals surface area contributed by atoms with Crippen LogP contribution in [0.15, 0.2) is 4.99 Å². The van der Waals surface area contributed by atoms with Crippen LogP contribution in [0.4, 0.5) is 0 Å². The number of likely N-dealkylation sites (N-methyl/N-ethyl adjacent to an activating group) is 1. The van der Waals surface area contributed by atoms with Crippen LogP contribution in [0.2, 0.25) is 0 Å². The number of aliphatic imine (C=N–C) groups is 1. The normalized spacial score (nSPS) is 50.3. The van der Waals surface area contributed by atoms with Gasteiger partial charge >= 0.3 is 5.97 Å². The van der Waals surface area contributed by atoms with E-state index < -0.39 is 102 Å². The van der Waals surface area contributed by atoms with Crippen molar-refractivity contribution in [3.8, 4) is 0 Å². The van der Waals surface area contributed by atoms with Crippen molar-refractivity contribution in [1.82, 2.24) is 4.90 Å². The van der Waals surface area contributed by atoms with Crippen molar-refractivity contribution in [3.63, 3.8) is 0 Å². The average Bonchev–Trinajstić information content (AvgIpc) is 3.26. The highest BCUT2D eigenvalue weighted by molar-refractivity contribution is 5.82. The summed E-state index contributed by atoms with van der Waals surface area (Å²) in [5.41, 5.74) is -3.90. The summed E-state index contributed by atoms with van der Waals surface area (Å²) in [6.07, 6.45) is -7.63. The number of carbonyl (C=O) groups excluding carboxylic acids is 1. The van der Waals surface area contributed by atoms with Crippen LogP contribution in [0.5, 0.6) is 0 Å². The van der Waals surface area contributed by atoms with E-state index in [2.05, 4.69) is 0 Å². The van der Waals surface area contributed by atoms with E-state index in [1.165, 1.54) is 7.11 Å². The van der Waals surface area contributed by atoms with Gasteiger partial charge in [-0.3, -0.25) is 9.79 Å². The van der Waals surface area contributed by atoms with Crippen LogP contribution in [-0.4, -0.2) is 149 Å². The quantitative estimate of drug-likeness (QED) is 0.281. The Labute approximate surface area is 304 Å². The number of cyclic esters (lactones) is 1. The SMILES string of the molecule is CC[C@H]1OC(=O)C(C)C(OC2CC(C)(OC)C(O)C(C)O2)C(C)C(OC2OC(C)CC(N(C)C)C2O)C(C)(O)CC(C)N=C2OC1(C)C(O)C2C. The smallest absolute Gasteiger partial charge is 0.311 e. The van der Waals surface area contributed by atoms with Gasteiger partial charge in [-0.05, 0) is 75.4 Å². The zero-order chi connectivity index (χ0) is 38.4. The Hall–Kier alpha value is -1.46. The van der Waals surface area contributed by atoms with Gasteiger partial charge in [-0.2, -0.15) is 0 Å². The van der Waals surface area contributed by atoms with Crippen LogP contribution >= 0.6 is 0 Å². The molecule has 0 saturated carbocycles. The number of aliphatic hydroxyl groups is 4. The van der Waals surface area contributed by atoms with Crippen molar-refractivity contribution in [2.45, 2.75) is 185 Å². The predicted molar refractivity (Wildman–Crippen MR) is 188 cm³/mol. The number of methoxy groups -OCH3 is 1. The van der Waals surface area contributed by atoms with Gasteiger partial charge < -0.3 is 58.5 Å². The van der Waals surface area contributed by atoms with Crippen molar-refractivity contribution >= 4 is 11.9 Å². The van der Waals surface area contributed by atoms with Crippen molar-refractivity contribution in [2.75, 3.05) is 21.2 Å². The molecular formula is C37H66N2O12. The summed E-state index contributed by atoms with van der Waals surface area (Å²) < 4.78 is 44.0. The van der Waals surface area contributed by atoms with E-state index in [-0.39, 0.29) is 25.0 Å². The number of rotatable bonds is 7. The molecule has 4 aliphatic heterocycles. The van der Waals surface area contributed by atoms with Crippen LogP contribution in [0.1, 0.15) is 94.9 Å². The fourth-order valence-corrected chi connectivity index (χ4v) is 8.65. The Morgan fingerprint density at radius 3 is 2.18 bits per heavy atom. The number of hydrogen-bond donors (Lipinski definition) is 4. The van der Waals surface area contributed by atoms with Crippen LogP contribution < -0.4 is 0 Å². The Balaban J connectivity index is 1.82. The van der Waals surface area contributed by atoms with Gasteiger partial charge in [0.1, 0.15) is 24.4 Å². The lowest BCUT2D eigenvalue weighted by molar-refractivity contribution is -0.317. The van der Waals surface area contributed by atoms with Gasteiger partial charge in [0.05, 0.1) is 53.5 Å². The number of carbonyl (C=O) groups is 1. The third kappa shape index (κ3) is 8.60. The monoisotopic (exact) mass is 730 g/mol. The van der Waals surface area contributed by atoms with Crippen LogP contribution in [-0.2, 0) is 38.0 Å². The molecule has 0 radical (unpaired) electrons. The first kappa shape index (κ1) is 42.3. The second-order valence-corrected chi connectivity index (χ2v) is 16.5.